The van der Waals surface area contributed by atoms with Gasteiger partial charge in [0.15, 0.2) is 5.96 Å². The molecule has 0 radical (unpaired) electrons. The minimum atomic E-state index is -2.94. The first kappa shape index (κ1) is 17.7. The van der Waals surface area contributed by atoms with Crippen LogP contribution < -0.4 is 10.6 Å². The summed E-state index contributed by atoms with van der Waals surface area (Å²) in [6, 6.07) is 7.01. The van der Waals surface area contributed by atoms with E-state index < -0.39 is 9.84 Å². The first-order valence-corrected chi connectivity index (χ1v) is 9.95. The highest BCUT2D eigenvalue weighted by atomic mass is 32.2. The molecule has 23 heavy (non-hydrogen) atoms. The number of aliphatic imine (C=N–C) groups is 1. The van der Waals surface area contributed by atoms with E-state index in [1.165, 1.54) is 18.4 Å². The lowest BCUT2D eigenvalue weighted by Gasteiger charge is -2.12. The van der Waals surface area contributed by atoms with Crippen molar-refractivity contribution in [2.45, 2.75) is 31.7 Å². The molecule has 0 saturated heterocycles. The van der Waals surface area contributed by atoms with Crippen molar-refractivity contribution in [2.75, 3.05) is 25.1 Å². The van der Waals surface area contributed by atoms with Crippen molar-refractivity contribution in [3.05, 3.63) is 35.6 Å². The minimum Gasteiger partial charge on any atom is -0.356 e. The van der Waals surface area contributed by atoms with Gasteiger partial charge < -0.3 is 10.6 Å². The molecule has 1 aliphatic rings. The summed E-state index contributed by atoms with van der Waals surface area (Å²) in [5.41, 5.74) is 0.931. The molecule has 0 heterocycles. The monoisotopic (exact) mass is 341 g/mol. The summed E-state index contributed by atoms with van der Waals surface area (Å²) in [7, 11) is -2.94. The molecule has 0 unspecified atom stereocenters. The van der Waals surface area contributed by atoms with Gasteiger partial charge in [0.25, 0.3) is 0 Å². The van der Waals surface area contributed by atoms with E-state index in [4.69, 9.17) is 0 Å². The lowest BCUT2D eigenvalue weighted by atomic mass is 10.1. The van der Waals surface area contributed by atoms with Gasteiger partial charge in [-0.2, -0.15) is 0 Å². The van der Waals surface area contributed by atoms with Crippen molar-refractivity contribution >= 4 is 15.8 Å². The molecule has 0 aliphatic heterocycles. The molecule has 0 bridgehead atoms. The Kier molecular flexibility index (Phi) is 6.38. The number of hydrogen-bond acceptors (Lipinski definition) is 3. The summed E-state index contributed by atoms with van der Waals surface area (Å²) < 4.78 is 35.3. The number of sulfone groups is 1. The zero-order valence-corrected chi connectivity index (χ0v) is 14.2. The third-order valence-corrected chi connectivity index (χ3v) is 4.49. The Balaban J connectivity index is 1.78. The molecule has 1 fully saturated rings. The topological polar surface area (TPSA) is 70.6 Å². The van der Waals surface area contributed by atoms with Gasteiger partial charge in [-0.1, -0.05) is 12.1 Å². The molecule has 2 N–H and O–H groups in total. The zero-order chi connectivity index (χ0) is 16.7. The zero-order valence-electron chi connectivity index (χ0n) is 13.4. The fraction of sp³-hybridized carbons (Fsp3) is 0.562. The Morgan fingerprint density at radius 2 is 2.17 bits per heavy atom. The van der Waals surface area contributed by atoms with Crippen LogP contribution >= 0.6 is 0 Å². The second-order valence-electron chi connectivity index (χ2n) is 5.94. The highest BCUT2D eigenvalue weighted by Crippen LogP contribution is 2.18. The van der Waals surface area contributed by atoms with Gasteiger partial charge in [-0.25, -0.2) is 12.8 Å². The average Bonchev–Trinajstić information content (AvgIpc) is 3.26. The Hall–Kier alpha value is -1.63. The molecule has 7 heteroatoms. The third kappa shape index (κ3) is 7.97. The summed E-state index contributed by atoms with van der Waals surface area (Å²) in [5, 5.41) is 6.53. The normalized spacial score (nSPS) is 15.5. The van der Waals surface area contributed by atoms with Gasteiger partial charge in [0.05, 0.1) is 5.75 Å². The predicted molar refractivity (Wildman–Crippen MR) is 90.9 cm³/mol. The van der Waals surface area contributed by atoms with E-state index >= 15 is 0 Å². The maximum absolute atomic E-state index is 13.1. The van der Waals surface area contributed by atoms with Gasteiger partial charge in [-0.05, 0) is 43.4 Å². The lowest BCUT2D eigenvalue weighted by Crippen LogP contribution is -2.39. The van der Waals surface area contributed by atoms with Crippen LogP contribution in [0.3, 0.4) is 0 Å². The van der Waals surface area contributed by atoms with Crippen LogP contribution in [0.1, 0.15) is 24.8 Å². The van der Waals surface area contributed by atoms with Crippen molar-refractivity contribution in [3.63, 3.8) is 0 Å². The van der Waals surface area contributed by atoms with E-state index in [0.29, 0.717) is 37.9 Å². The van der Waals surface area contributed by atoms with Crippen LogP contribution in [0.4, 0.5) is 4.39 Å². The average molecular weight is 341 g/mol. The van der Waals surface area contributed by atoms with Crippen molar-refractivity contribution in [1.29, 1.82) is 0 Å². The standard InChI is InChI=1S/C16H24FN3O2S/c1-23(21,22)11-3-9-18-16(20-15-6-7-15)19-10-8-13-4-2-5-14(17)12-13/h2,4-5,12,15H,3,6-11H2,1H3,(H2,18,19,20). The SMILES string of the molecule is CS(=O)(=O)CCCN=C(NCCc1cccc(F)c1)NC1CC1. The maximum Gasteiger partial charge on any atom is 0.191 e. The number of guanidine groups is 1. The Bertz CT molecular complexity index is 642. The van der Waals surface area contributed by atoms with Crippen LogP contribution in [-0.4, -0.2) is 45.5 Å². The molecule has 1 aromatic rings. The Morgan fingerprint density at radius 3 is 2.83 bits per heavy atom. The fourth-order valence-corrected chi connectivity index (χ4v) is 2.76. The van der Waals surface area contributed by atoms with Gasteiger partial charge in [-0.15, -0.1) is 0 Å². The molecule has 1 aromatic carbocycles. The summed E-state index contributed by atoms with van der Waals surface area (Å²) in [5.74, 6) is 0.627. The third-order valence-electron chi connectivity index (χ3n) is 3.46. The second-order valence-corrected chi connectivity index (χ2v) is 8.20. The van der Waals surface area contributed by atoms with E-state index in [1.807, 2.05) is 6.07 Å². The first-order valence-electron chi connectivity index (χ1n) is 7.89. The van der Waals surface area contributed by atoms with Crippen molar-refractivity contribution in [3.8, 4) is 0 Å². The lowest BCUT2D eigenvalue weighted by molar-refractivity contribution is 0.599. The van der Waals surface area contributed by atoms with E-state index in [9.17, 15) is 12.8 Å². The van der Waals surface area contributed by atoms with E-state index in [2.05, 4.69) is 15.6 Å². The molecule has 0 spiro atoms. The van der Waals surface area contributed by atoms with Crippen LogP contribution in [0.5, 0.6) is 0 Å². The molecular weight excluding hydrogens is 317 g/mol. The van der Waals surface area contributed by atoms with Gasteiger partial charge in [0, 0.05) is 25.4 Å². The number of benzene rings is 1. The summed E-state index contributed by atoms with van der Waals surface area (Å²) in [6.07, 6.45) is 4.71. The van der Waals surface area contributed by atoms with Gasteiger partial charge in [0.2, 0.25) is 0 Å². The Morgan fingerprint density at radius 1 is 1.39 bits per heavy atom. The van der Waals surface area contributed by atoms with E-state index in [0.717, 1.165) is 18.4 Å². The first-order chi connectivity index (χ1) is 10.9. The number of hydrogen-bond donors (Lipinski definition) is 2. The molecule has 0 amide bonds. The largest absolute Gasteiger partial charge is 0.356 e. The highest BCUT2D eigenvalue weighted by Gasteiger charge is 2.22. The number of nitrogens with zero attached hydrogens (tertiary/aromatic N) is 1. The molecule has 5 nitrogen and oxygen atoms in total. The highest BCUT2D eigenvalue weighted by molar-refractivity contribution is 7.90. The van der Waals surface area contributed by atoms with Gasteiger partial charge in [0.1, 0.15) is 15.7 Å². The smallest absolute Gasteiger partial charge is 0.191 e. The summed E-state index contributed by atoms with van der Waals surface area (Å²) in [4.78, 5) is 4.41. The van der Waals surface area contributed by atoms with Crippen LogP contribution in [-0.2, 0) is 16.3 Å². The van der Waals surface area contributed by atoms with Crippen LogP contribution in [0.25, 0.3) is 0 Å². The van der Waals surface area contributed by atoms with Crippen molar-refractivity contribution in [2.24, 2.45) is 4.99 Å². The van der Waals surface area contributed by atoms with Gasteiger partial charge in [-0.3, -0.25) is 4.99 Å². The van der Waals surface area contributed by atoms with Crippen LogP contribution in [0.2, 0.25) is 0 Å². The second kappa shape index (κ2) is 8.29. The molecular formula is C16H24FN3O2S. The number of rotatable bonds is 8. The summed E-state index contributed by atoms with van der Waals surface area (Å²) in [6.45, 7) is 1.11. The molecule has 0 aromatic heterocycles. The molecule has 1 aliphatic carbocycles. The van der Waals surface area contributed by atoms with Crippen molar-refractivity contribution in [1.82, 2.24) is 10.6 Å². The minimum absolute atomic E-state index is 0.149. The summed E-state index contributed by atoms with van der Waals surface area (Å²) >= 11 is 0. The molecule has 128 valence electrons. The van der Waals surface area contributed by atoms with E-state index in [1.54, 1.807) is 6.07 Å². The number of halogens is 1. The Labute approximate surface area is 137 Å². The predicted octanol–water partition coefficient (Wildman–Crippen LogP) is 1.50. The quantitative estimate of drug-likeness (QED) is 0.427. The number of nitrogens with one attached hydrogen (secondary N) is 2. The van der Waals surface area contributed by atoms with E-state index in [-0.39, 0.29) is 11.6 Å². The van der Waals surface area contributed by atoms with Crippen LogP contribution in [0, 0.1) is 5.82 Å². The molecule has 2 rings (SSSR count). The van der Waals surface area contributed by atoms with Crippen molar-refractivity contribution < 1.29 is 12.8 Å². The maximum atomic E-state index is 13.1. The fourth-order valence-electron chi connectivity index (χ4n) is 2.11. The molecule has 0 atom stereocenters. The van der Waals surface area contributed by atoms with Crippen LogP contribution in [0.15, 0.2) is 29.3 Å². The van der Waals surface area contributed by atoms with Gasteiger partial charge >= 0.3 is 0 Å². The molecule has 1 saturated carbocycles.